The Morgan fingerprint density at radius 3 is 3.07 bits per heavy atom. The summed E-state index contributed by atoms with van der Waals surface area (Å²) in [5, 5.41) is 11.6. The van der Waals surface area contributed by atoms with Crippen LogP contribution < -0.4 is 5.32 Å². The van der Waals surface area contributed by atoms with Gasteiger partial charge in [0, 0.05) is 13.0 Å². The number of carbonyl (C=O) groups is 1. The Morgan fingerprint density at radius 1 is 1.57 bits per heavy atom. The standard InChI is InChI=1S/C10H10FNO2/c11-8-3-1-2-6-5-12-9(10(13)14)4-7(6)8/h1-3,9,12H,4-5H2,(H,13,14)/t9-/m1/s1. The number of carboxylic acids is 1. The fourth-order valence-electron chi connectivity index (χ4n) is 1.68. The van der Waals surface area contributed by atoms with E-state index in [1.807, 2.05) is 6.07 Å². The van der Waals surface area contributed by atoms with E-state index >= 15 is 0 Å². The third-order valence-electron chi connectivity index (χ3n) is 2.46. The Hall–Kier alpha value is -1.42. The van der Waals surface area contributed by atoms with E-state index < -0.39 is 12.0 Å². The molecule has 2 N–H and O–H groups in total. The topological polar surface area (TPSA) is 49.3 Å². The van der Waals surface area contributed by atoms with Crippen molar-refractivity contribution < 1.29 is 14.3 Å². The summed E-state index contributed by atoms with van der Waals surface area (Å²) in [6.45, 7) is 0.421. The number of rotatable bonds is 1. The maximum absolute atomic E-state index is 13.3. The summed E-state index contributed by atoms with van der Waals surface area (Å²) in [6.07, 6.45) is 0.220. The number of hydrogen-bond donors (Lipinski definition) is 2. The molecule has 14 heavy (non-hydrogen) atoms. The van der Waals surface area contributed by atoms with Crippen LogP contribution >= 0.6 is 0 Å². The molecule has 0 saturated carbocycles. The van der Waals surface area contributed by atoms with Crippen LogP contribution in [0.15, 0.2) is 18.2 Å². The first-order chi connectivity index (χ1) is 6.68. The van der Waals surface area contributed by atoms with Crippen molar-refractivity contribution >= 4 is 5.97 Å². The summed E-state index contributed by atoms with van der Waals surface area (Å²) in [5.41, 5.74) is 1.38. The molecule has 1 aliphatic rings. The van der Waals surface area contributed by atoms with Crippen molar-refractivity contribution in [3.05, 3.63) is 35.1 Å². The van der Waals surface area contributed by atoms with Crippen LogP contribution in [0.5, 0.6) is 0 Å². The van der Waals surface area contributed by atoms with Gasteiger partial charge in [0.2, 0.25) is 0 Å². The smallest absolute Gasteiger partial charge is 0.321 e. The predicted molar refractivity (Wildman–Crippen MR) is 48.4 cm³/mol. The Labute approximate surface area is 80.6 Å². The highest BCUT2D eigenvalue weighted by molar-refractivity contribution is 5.74. The van der Waals surface area contributed by atoms with Gasteiger partial charge in [-0.05, 0) is 17.2 Å². The molecule has 0 unspecified atom stereocenters. The number of halogens is 1. The van der Waals surface area contributed by atoms with Crippen LogP contribution in [0.1, 0.15) is 11.1 Å². The third-order valence-corrected chi connectivity index (χ3v) is 2.46. The summed E-state index contributed by atoms with van der Waals surface area (Å²) in [5.74, 6) is -1.24. The summed E-state index contributed by atoms with van der Waals surface area (Å²) in [4.78, 5) is 10.7. The minimum Gasteiger partial charge on any atom is -0.480 e. The summed E-state index contributed by atoms with van der Waals surface area (Å²) < 4.78 is 13.3. The molecule has 1 aromatic rings. The first kappa shape index (κ1) is 9.15. The minimum absolute atomic E-state index is 0.220. The van der Waals surface area contributed by atoms with Gasteiger partial charge in [-0.2, -0.15) is 0 Å². The number of benzene rings is 1. The molecule has 1 heterocycles. The second-order valence-electron chi connectivity index (χ2n) is 3.35. The van der Waals surface area contributed by atoms with Crippen molar-refractivity contribution in [2.75, 3.05) is 0 Å². The Morgan fingerprint density at radius 2 is 2.36 bits per heavy atom. The van der Waals surface area contributed by atoms with Crippen molar-refractivity contribution in [3.63, 3.8) is 0 Å². The fraction of sp³-hybridized carbons (Fsp3) is 0.300. The van der Waals surface area contributed by atoms with Crippen molar-refractivity contribution in [3.8, 4) is 0 Å². The normalized spacial score (nSPS) is 20.2. The molecule has 0 saturated heterocycles. The average molecular weight is 195 g/mol. The lowest BCUT2D eigenvalue weighted by molar-refractivity contribution is -0.139. The summed E-state index contributed by atoms with van der Waals surface area (Å²) >= 11 is 0. The largest absolute Gasteiger partial charge is 0.480 e. The van der Waals surface area contributed by atoms with Gasteiger partial charge in [-0.25, -0.2) is 4.39 Å². The van der Waals surface area contributed by atoms with Gasteiger partial charge in [0.05, 0.1) is 0 Å². The van der Waals surface area contributed by atoms with Crippen molar-refractivity contribution in [2.24, 2.45) is 0 Å². The molecule has 0 radical (unpaired) electrons. The molecule has 0 aliphatic carbocycles. The van der Waals surface area contributed by atoms with Crippen molar-refractivity contribution in [2.45, 2.75) is 19.0 Å². The Balaban J connectivity index is 2.33. The molecule has 1 aliphatic heterocycles. The van der Waals surface area contributed by atoms with Gasteiger partial charge in [0.1, 0.15) is 11.9 Å². The quantitative estimate of drug-likeness (QED) is 0.700. The Kier molecular flexibility index (Phi) is 2.21. The number of aliphatic carboxylic acids is 1. The van der Waals surface area contributed by atoms with E-state index in [9.17, 15) is 9.18 Å². The van der Waals surface area contributed by atoms with E-state index in [-0.39, 0.29) is 12.2 Å². The van der Waals surface area contributed by atoms with Crippen LogP contribution in [0.25, 0.3) is 0 Å². The molecule has 2 rings (SSSR count). The molecule has 1 atom stereocenters. The first-order valence-electron chi connectivity index (χ1n) is 4.41. The molecule has 4 heteroatoms. The van der Waals surface area contributed by atoms with Gasteiger partial charge in [0.15, 0.2) is 0 Å². The van der Waals surface area contributed by atoms with Crippen LogP contribution in [0.2, 0.25) is 0 Å². The fourth-order valence-corrected chi connectivity index (χ4v) is 1.68. The molecule has 0 aromatic heterocycles. The third kappa shape index (κ3) is 1.48. The summed E-state index contributed by atoms with van der Waals surface area (Å²) in [6, 6.07) is 4.14. The molecular weight excluding hydrogens is 185 g/mol. The SMILES string of the molecule is O=C(O)[C@H]1Cc2c(F)cccc2CN1. The van der Waals surface area contributed by atoms with Crippen molar-refractivity contribution in [1.29, 1.82) is 0 Å². The zero-order chi connectivity index (χ0) is 10.1. The van der Waals surface area contributed by atoms with Gasteiger partial charge < -0.3 is 10.4 Å². The van der Waals surface area contributed by atoms with Crippen LogP contribution in [0.4, 0.5) is 4.39 Å². The maximum atomic E-state index is 13.3. The van der Waals surface area contributed by atoms with Crippen LogP contribution in [0.3, 0.4) is 0 Å². The second-order valence-corrected chi connectivity index (χ2v) is 3.35. The van der Waals surface area contributed by atoms with Gasteiger partial charge in [0.25, 0.3) is 0 Å². The average Bonchev–Trinajstić information content (AvgIpc) is 2.18. The Bertz CT molecular complexity index is 378. The lowest BCUT2D eigenvalue weighted by atomic mass is 9.95. The van der Waals surface area contributed by atoms with Gasteiger partial charge in [-0.15, -0.1) is 0 Å². The van der Waals surface area contributed by atoms with Crippen molar-refractivity contribution in [1.82, 2.24) is 5.32 Å². The van der Waals surface area contributed by atoms with Crippen LogP contribution in [-0.4, -0.2) is 17.1 Å². The van der Waals surface area contributed by atoms with E-state index in [1.165, 1.54) is 6.07 Å². The van der Waals surface area contributed by atoms with E-state index in [1.54, 1.807) is 6.07 Å². The second kappa shape index (κ2) is 3.38. The van der Waals surface area contributed by atoms with E-state index in [4.69, 9.17) is 5.11 Å². The summed E-state index contributed by atoms with van der Waals surface area (Å²) in [7, 11) is 0. The molecule has 0 bridgehead atoms. The number of fused-ring (bicyclic) bond motifs is 1. The van der Waals surface area contributed by atoms with Gasteiger partial charge in [-0.1, -0.05) is 12.1 Å². The monoisotopic (exact) mass is 195 g/mol. The minimum atomic E-state index is -0.932. The maximum Gasteiger partial charge on any atom is 0.321 e. The number of hydrogen-bond acceptors (Lipinski definition) is 2. The lowest BCUT2D eigenvalue weighted by Crippen LogP contribution is -2.41. The van der Waals surface area contributed by atoms with E-state index in [0.717, 1.165) is 5.56 Å². The number of carboxylic acid groups (broad SMARTS) is 1. The molecule has 0 amide bonds. The molecular formula is C10H10FNO2. The predicted octanol–water partition coefficient (Wildman–Crippen LogP) is 0.925. The zero-order valence-corrected chi connectivity index (χ0v) is 7.46. The lowest BCUT2D eigenvalue weighted by Gasteiger charge is -2.23. The van der Waals surface area contributed by atoms with Crippen LogP contribution in [-0.2, 0) is 17.8 Å². The molecule has 1 aromatic carbocycles. The highest BCUT2D eigenvalue weighted by Crippen LogP contribution is 2.19. The molecule has 74 valence electrons. The van der Waals surface area contributed by atoms with Crippen LogP contribution in [0, 0.1) is 5.82 Å². The zero-order valence-electron chi connectivity index (χ0n) is 7.46. The van der Waals surface area contributed by atoms with Gasteiger partial charge in [-0.3, -0.25) is 4.79 Å². The molecule has 0 fully saturated rings. The highest BCUT2D eigenvalue weighted by Gasteiger charge is 2.25. The molecule has 0 spiro atoms. The highest BCUT2D eigenvalue weighted by atomic mass is 19.1. The first-order valence-corrected chi connectivity index (χ1v) is 4.41. The number of nitrogens with one attached hydrogen (secondary N) is 1. The van der Waals surface area contributed by atoms with E-state index in [2.05, 4.69) is 5.32 Å². The molecule has 3 nitrogen and oxygen atoms in total. The van der Waals surface area contributed by atoms with Gasteiger partial charge >= 0.3 is 5.97 Å². The van der Waals surface area contributed by atoms with E-state index in [0.29, 0.717) is 12.1 Å².